The van der Waals surface area contributed by atoms with Crippen LogP contribution >= 0.6 is 0 Å². The van der Waals surface area contributed by atoms with Gasteiger partial charge >= 0.3 is 39.2 Å². The van der Waals surface area contributed by atoms with Crippen LogP contribution in [0.15, 0.2) is 0 Å². The highest BCUT2D eigenvalue weighted by Crippen LogP contribution is 2.51. The molecule has 1 N–H and O–H groups in total. The Morgan fingerprint density at radius 3 is 2.31 bits per heavy atom. The third-order valence-corrected chi connectivity index (χ3v) is 8.19. The van der Waals surface area contributed by atoms with E-state index in [1.807, 2.05) is 0 Å². The molecule has 6 atom stereocenters. The molecule has 1 aliphatic carbocycles. The van der Waals surface area contributed by atoms with E-state index in [-0.39, 0.29) is 12.3 Å². The van der Waals surface area contributed by atoms with E-state index in [0.29, 0.717) is 12.8 Å². The quantitative estimate of drug-likeness (QED) is 0.143. The maximum atomic E-state index is 13.6. The van der Waals surface area contributed by atoms with Gasteiger partial charge in [0.1, 0.15) is 24.0 Å². The van der Waals surface area contributed by atoms with E-state index in [2.05, 4.69) is 0 Å². The van der Waals surface area contributed by atoms with Crippen molar-refractivity contribution in [1.29, 1.82) is 0 Å². The molecule has 4 rings (SSSR count). The van der Waals surface area contributed by atoms with Gasteiger partial charge in [0, 0.05) is 6.42 Å². The standard InChI is InChI=1S/C21H26F4O10S/c22-20(23,21(24,25)36(29,30)31)8-4-5-9-32-18(27)11-12-14-16(35-19(12)28)15(13(11)33-14)34-17(26)10-6-2-1-3-7-10/h10-16H,1-9H2,(H,29,30,31). The van der Waals surface area contributed by atoms with Crippen molar-refractivity contribution in [2.24, 2.45) is 17.8 Å². The van der Waals surface area contributed by atoms with Crippen LogP contribution in [-0.4, -0.2) is 73.1 Å². The van der Waals surface area contributed by atoms with Crippen molar-refractivity contribution in [2.75, 3.05) is 6.61 Å². The summed E-state index contributed by atoms with van der Waals surface area (Å²) in [6.07, 6.45) is -2.05. The number of fused-ring (bicyclic) bond motifs is 1. The Labute approximate surface area is 203 Å². The Kier molecular flexibility index (Phi) is 7.29. The van der Waals surface area contributed by atoms with E-state index in [1.54, 1.807) is 0 Å². The van der Waals surface area contributed by atoms with Crippen molar-refractivity contribution in [3.05, 3.63) is 0 Å². The predicted molar refractivity (Wildman–Crippen MR) is 108 cm³/mol. The topological polar surface area (TPSA) is 142 Å². The number of halogens is 4. The molecule has 0 aromatic heterocycles. The van der Waals surface area contributed by atoms with Crippen LogP contribution < -0.4 is 0 Å². The molecule has 4 aliphatic rings. The average Bonchev–Trinajstić information content (AvgIpc) is 3.42. The van der Waals surface area contributed by atoms with Gasteiger partial charge in [0.25, 0.3) is 0 Å². The van der Waals surface area contributed by atoms with Gasteiger partial charge in [0.15, 0.2) is 12.2 Å². The molecule has 3 aliphatic heterocycles. The number of hydrogen-bond donors (Lipinski definition) is 1. The molecule has 36 heavy (non-hydrogen) atoms. The molecule has 3 saturated heterocycles. The Bertz CT molecular complexity index is 997. The van der Waals surface area contributed by atoms with E-state index in [4.69, 9.17) is 23.5 Å². The third-order valence-electron chi connectivity index (χ3n) is 7.25. The summed E-state index contributed by atoms with van der Waals surface area (Å²) in [4.78, 5) is 37.7. The molecule has 15 heteroatoms. The lowest BCUT2D eigenvalue weighted by atomic mass is 9.78. The van der Waals surface area contributed by atoms with Gasteiger partial charge in [-0.25, -0.2) is 0 Å². The first-order valence-electron chi connectivity index (χ1n) is 11.7. The molecule has 6 unspecified atom stereocenters. The molecular weight excluding hydrogens is 520 g/mol. The van der Waals surface area contributed by atoms with Gasteiger partial charge in [-0.05, 0) is 25.7 Å². The Morgan fingerprint density at radius 2 is 1.67 bits per heavy atom. The van der Waals surface area contributed by atoms with E-state index in [0.717, 1.165) is 19.3 Å². The number of carbonyl (C=O) groups is 3. The van der Waals surface area contributed by atoms with Crippen molar-refractivity contribution >= 4 is 28.0 Å². The van der Waals surface area contributed by atoms with Gasteiger partial charge in [0.2, 0.25) is 0 Å². The monoisotopic (exact) mass is 546 g/mol. The highest BCUT2D eigenvalue weighted by Gasteiger charge is 2.72. The molecule has 0 aromatic rings. The van der Waals surface area contributed by atoms with Gasteiger partial charge in [-0.2, -0.15) is 26.0 Å². The number of ether oxygens (including phenoxy) is 4. The molecule has 3 heterocycles. The maximum Gasteiger partial charge on any atom is 0.431 e. The summed E-state index contributed by atoms with van der Waals surface area (Å²) in [6.45, 7) is -0.488. The predicted octanol–water partition coefficient (Wildman–Crippen LogP) is 2.25. The minimum Gasteiger partial charge on any atom is -0.465 e. The fraction of sp³-hybridized carbons (Fsp3) is 0.857. The largest absolute Gasteiger partial charge is 0.465 e. The van der Waals surface area contributed by atoms with Crippen LogP contribution in [0.4, 0.5) is 17.6 Å². The van der Waals surface area contributed by atoms with Crippen LogP contribution in [0.25, 0.3) is 0 Å². The smallest absolute Gasteiger partial charge is 0.431 e. The lowest BCUT2D eigenvalue weighted by molar-refractivity contribution is -0.168. The maximum absolute atomic E-state index is 13.6. The first-order chi connectivity index (χ1) is 16.8. The molecule has 0 aromatic carbocycles. The number of unbranched alkanes of at least 4 members (excludes halogenated alkanes) is 1. The van der Waals surface area contributed by atoms with Crippen molar-refractivity contribution in [3.8, 4) is 0 Å². The second-order valence-corrected chi connectivity index (χ2v) is 11.0. The fourth-order valence-corrected chi connectivity index (χ4v) is 5.84. The zero-order valence-corrected chi connectivity index (χ0v) is 19.8. The molecule has 4 fully saturated rings. The molecule has 1 saturated carbocycles. The molecular formula is C21H26F4O10S. The van der Waals surface area contributed by atoms with Crippen LogP contribution in [0.1, 0.15) is 51.4 Å². The van der Waals surface area contributed by atoms with Gasteiger partial charge < -0.3 is 18.9 Å². The van der Waals surface area contributed by atoms with Crippen molar-refractivity contribution < 1.29 is 63.9 Å². The van der Waals surface area contributed by atoms with Crippen LogP contribution in [0.3, 0.4) is 0 Å². The van der Waals surface area contributed by atoms with Crippen LogP contribution in [0, 0.1) is 17.8 Å². The normalized spacial score (nSPS) is 32.4. The number of carbonyl (C=O) groups excluding carboxylic acids is 3. The highest BCUT2D eigenvalue weighted by atomic mass is 32.2. The van der Waals surface area contributed by atoms with Crippen molar-refractivity contribution in [1.82, 2.24) is 0 Å². The Balaban J connectivity index is 1.31. The van der Waals surface area contributed by atoms with Crippen molar-refractivity contribution in [2.45, 2.75) is 87.0 Å². The molecule has 10 nitrogen and oxygen atoms in total. The second kappa shape index (κ2) is 9.71. The zero-order valence-electron chi connectivity index (χ0n) is 18.9. The van der Waals surface area contributed by atoms with Crippen LogP contribution in [-0.2, 0) is 43.4 Å². The zero-order chi connectivity index (χ0) is 26.5. The number of rotatable bonds is 10. The molecule has 0 amide bonds. The lowest BCUT2D eigenvalue weighted by Gasteiger charge is -2.29. The Hall–Kier alpha value is -2.00. The minimum absolute atomic E-state index is 0.289. The summed E-state index contributed by atoms with van der Waals surface area (Å²) < 4.78 is 105. The molecule has 204 valence electrons. The lowest BCUT2D eigenvalue weighted by Crippen LogP contribution is -2.48. The number of hydrogen-bond acceptors (Lipinski definition) is 9. The second-order valence-electron chi connectivity index (χ2n) is 9.58. The number of alkyl halides is 4. The fourth-order valence-electron chi connectivity index (χ4n) is 5.36. The average molecular weight is 546 g/mol. The first kappa shape index (κ1) is 27.0. The van der Waals surface area contributed by atoms with Gasteiger partial charge in [-0.1, -0.05) is 19.3 Å². The van der Waals surface area contributed by atoms with Gasteiger partial charge in [0.05, 0.1) is 12.5 Å². The summed E-state index contributed by atoms with van der Waals surface area (Å²) in [6, 6.07) is 0. The van der Waals surface area contributed by atoms with Crippen LogP contribution in [0.5, 0.6) is 0 Å². The van der Waals surface area contributed by atoms with E-state index in [9.17, 15) is 40.4 Å². The summed E-state index contributed by atoms with van der Waals surface area (Å²) in [5.41, 5.74) is 0. The van der Waals surface area contributed by atoms with E-state index >= 15 is 0 Å². The van der Waals surface area contributed by atoms with Crippen molar-refractivity contribution in [3.63, 3.8) is 0 Å². The summed E-state index contributed by atoms with van der Waals surface area (Å²) in [5.74, 6) is -9.55. The van der Waals surface area contributed by atoms with Gasteiger partial charge in [-0.15, -0.1) is 0 Å². The van der Waals surface area contributed by atoms with Crippen LogP contribution in [0.2, 0.25) is 0 Å². The highest BCUT2D eigenvalue weighted by molar-refractivity contribution is 7.87. The molecule has 2 bridgehead atoms. The SMILES string of the molecule is O=C(OC1C2OC(=O)C3C2OC1C3C(=O)OCCCCC(F)(F)C(F)(F)S(=O)(=O)O)C1CCCCC1. The minimum atomic E-state index is -6.33. The molecule has 0 spiro atoms. The summed E-state index contributed by atoms with van der Waals surface area (Å²) in [5, 5.41) is -5.67. The summed E-state index contributed by atoms with van der Waals surface area (Å²) in [7, 11) is -6.33. The third kappa shape index (κ3) is 4.69. The Morgan fingerprint density at radius 1 is 1.00 bits per heavy atom. The van der Waals surface area contributed by atoms with E-state index in [1.165, 1.54) is 0 Å². The summed E-state index contributed by atoms with van der Waals surface area (Å²) >= 11 is 0. The molecule has 0 radical (unpaired) electrons. The first-order valence-corrected chi connectivity index (χ1v) is 13.2. The van der Waals surface area contributed by atoms with Gasteiger partial charge in [-0.3, -0.25) is 18.9 Å². The van der Waals surface area contributed by atoms with E-state index < -0.39 is 94.9 Å². The number of esters is 3.